The van der Waals surface area contributed by atoms with Crippen molar-refractivity contribution in [3.8, 4) is 0 Å². The molecule has 0 aromatic carbocycles. The second-order valence-electron chi connectivity index (χ2n) is 0.575. The van der Waals surface area contributed by atoms with Gasteiger partial charge in [-0.1, -0.05) is 6.92 Å². The number of carbonyl (C=O) groups excluding carboxylic acids is 1. The van der Waals surface area contributed by atoms with Gasteiger partial charge in [0, 0.05) is 6.42 Å². The summed E-state index contributed by atoms with van der Waals surface area (Å²) in [6.07, 6.45) is 1.51. The minimum atomic E-state index is 0. The molecular formula is C3H12O4. The summed E-state index contributed by atoms with van der Waals surface area (Å²) < 4.78 is 0. The van der Waals surface area contributed by atoms with E-state index in [1.807, 2.05) is 6.92 Å². The van der Waals surface area contributed by atoms with Gasteiger partial charge >= 0.3 is 0 Å². The van der Waals surface area contributed by atoms with Crippen LogP contribution in [0.15, 0.2) is 0 Å². The van der Waals surface area contributed by atoms with Crippen molar-refractivity contribution in [2.75, 3.05) is 0 Å². The average Bonchev–Trinajstić information content (AvgIpc) is 1.37. The highest BCUT2D eigenvalue weighted by atomic mass is 16.1. The summed E-state index contributed by atoms with van der Waals surface area (Å²) in [4.78, 5) is 9.17. The lowest BCUT2D eigenvalue weighted by molar-refractivity contribution is -0.107. The van der Waals surface area contributed by atoms with Crippen LogP contribution >= 0.6 is 0 Å². The molecule has 0 unspecified atom stereocenters. The third-order valence-electron chi connectivity index (χ3n) is 0.167. The SMILES string of the molecule is CCC=O.O.O.O. The quantitative estimate of drug-likeness (QED) is 0.363. The van der Waals surface area contributed by atoms with Gasteiger partial charge in [0.1, 0.15) is 6.29 Å². The Kier molecular flexibility index (Phi) is 212. The largest absolute Gasteiger partial charge is 0.412 e. The lowest BCUT2D eigenvalue weighted by atomic mass is 10.6. The van der Waals surface area contributed by atoms with Crippen LogP contribution < -0.4 is 0 Å². The van der Waals surface area contributed by atoms with Crippen LogP contribution in [0.25, 0.3) is 0 Å². The minimum absolute atomic E-state index is 0. The van der Waals surface area contributed by atoms with Crippen LogP contribution in [-0.4, -0.2) is 22.7 Å². The summed E-state index contributed by atoms with van der Waals surface area (Å²) >= 11 is 0. The van der Waals surface area contributed by atoms with Crippen LogP contribution in [0.2, 0.25) is 0 Å². The third kappa shape index (κ3) is 231. The Hall–Kier alpha value is -0.450. The van der Waals surface area contributed by atoms with Crippen molar-refractivity contribution < 1.29 is 21.2 Å². The van der Waals surface area contributed by atoms with Gasteiger partial charge in [-0.25, -0.2) is 0 Å². The summed E-state index contributed by atoms with van der Waals surface area (Å²) in [6.45, 7) is 1.81. The van der Waals surface area contributed by atoms with E-state index >= 15 is 0 Å². The fourth-order valence-corrected chi connectivity index (χ4v) is 0. The van der Waals surface area contributed by atoms with Crippen molar-refractivity contribution in [3.05, 3.63) is 0 Å². The summed E-state index contributed by atoms with van der Waals surface area (Å²) in [5, 5.41) is 0. The van der Waals surface area contributed by atoms with E-state index < -0.39 is 0 Å². The van der Waals surface area contributed by atoms with E-state index in [-0.39, 0.29) is 16.4 Å². The molecule has 0 aromatic heterocycles. The number of hydrogen-bond donors (Lipinski definition) is 0. The van der Waals surface area contributed by atoms with Crippen molar-refractivity contribution in [3.63, 3.8) is 0 Å². The predicted octanol–water partition coefficient (Wildman–Crippen LogP) is -1.88. The standard InChI is InChI=1S/C3H6O.3H2O/c1-2-3-4;;;/h3H,2H2,1H3;3*1H2. The van der Waals surface area contributed by atoms with Crippen LogP contribution in [0.3, 0.4) is 0 Å². The zero-order valence-corrected chi connectivity index (χ0v) is 4.19. The molecule has 0 amide bonds. The Labute approximate surface area is 42.1 Å². The van der Waals surface area contributed by atoms with Gasteiger partial charge in [-0.15, -0.1) is 0 Å². The van der Waals surface area contributed by atoms with E-state index in [9.17, 15) is 4.79 Å². The first-order chi connectivity index (χ1) is 1.91. The Bertz CT molecular complexity index is 20.9. The predicted molar refractivity (Wildman–Crippen MR) is 27.2 cm³/mol. The van der Waals surface area contributed by atoms with Crippen LogP contribution in [0.1, 0.15) is 13.3 Å². The fourth-order valence-electron chi connectivity index (χ4n) is 0. The molecule has 0 rings (SSSR count). The van der Waals surface area contributed by atoms with E-state index in [0.717, 1.165) is 6.29 Å². The van der Waals surface area contributed by atoms with Crippen molar-refractivity contribution in [1.29, 1.82) is 0 Å². The molecule has 0 heterocycles. The second kappa shape index (κ2) is 47.8. The molecule has 4 heteroatoms. The van der Waals surface area contributed by atoms with Crippen molar-refractivity contribution in [2.45, 2.75) is 13.3 Å². The fraction of sp³-hybridized carbons (Fsp3) is 0.667. The van der Waals surface area contributed by atoms with E-state index in [2.05, 4.69) is 0 Å². The molecule has 0 aromatic rings. The van der Waals surface area contributed by atoms with Gasteiger partial charge in [0.05, 0.1) is 0 Å². The smallest absolute Gasteiger partial charge is 0.119 e. The van der Waals surface area contributed by atoms with Crippen LogP contribution in [0.5, 0.6) is 0 Å². The monoisotopic (exact) mass is 112 g/mol. The highest BCUT2D eigenvalue weighted by molar-refractivity contribution is 5.48. The van der Waals surface area contributed by atoms with Crippen molar-refractivity contribution in [2.24, 2.45) is 0 Å². The van der Waals surface area contributed by atoms with Crippen LogP contribution in [0.4, 0.5) is 0 Å². The number of aldehydes is 1. The molecule has 0 spiro atoms. The zero-order valence-electron chi connectivity index (χ0n) is 4.19. The van der Waals surface area contributed by atoms with E-state index in [4.69, 9.17) is 0 Å². The number of carbonyl (C=O) groups is 1. The Balaban J connectivity index is -0.0000000150. The summed E-state index contributed by atoms with van der Waals surface area (Å²) in [5.74, 6) is 0. The normalized spacial score (nSPS) is 3.57. The van der Waals surface area contributed by atoms with Crippen molar-refractivity contribution >= 4 is 6.29 Å². The van der Waals surface area contributed by atoms with E-state index in [1.165, 1.54) is 0 Å². The molecule has 0 bridgehead atoms. The van der Waals surface area contributed by atoms with Gasteiger partial charge in [0.15, 0.2) is 0 Å². The second-order valence-corrected chi connectivity index (χ2v) is 0.575. The maximum atomic E-state index is 9.17. The summed E-state index contributed by atoms with van der Waals surface area (Å²) in [6, 6.07) is 0. The zero-order chi connectivity index (χ0) is 3.41. The lowest BCUT2D eigenvalue weighted by Gasteiger charge is -1.51. The summed E-state index contributed by atoms with van der Waals surface area (Å²) in [7, 11) is 0. The molecule has 0 aliphatic heterocycles. The number of hydrogen-bond acceptors (Lipinski definition) is 1. The molecule has 48 valence electrons. The van der Waals surface area contributed by atoms with Gasteiger partial charge < -0.3 is 21.2 Å². The van der Waals surface area contributed by atoms with Gasteiger partial charge in [-0.2, -0.15) is 0 Å². The molecule has 6 N–H and O–H groups in total. The highest BCUT2D eigenvalue weighted by Gasteiger charge is 1.52. The Morgan fingerprint density at radius 3 is 1.43 bits per heavy atom. The van der Waals surface area contributed by atoms with E-state index in [0.29, 0.717) is 6.42 Å². The number of rotatable bonds is 1. The Morgan fingerprint density at radius 1 is 1.29 bits per heavy atom. The lowest BCUT2D eigenvalue weighted by Crippen LogP contribution is -1.55. The molecule has 0 saturated heterocycles. The van der Waals surface area contributed by atoms with Gasteiger partial charge in [-0.3, -0.25) is 0 Å². The maximum Gasteiger partial charge on any atom is 0.119 e. The molecule has 0 atom stereocenters. The molecule has 0 fully saturated rings. The topological polar surface area (TPSA) is 112 Å². The van der Waals surface area contributed by atoms with Crippen LogP contribution in [0, 0.1) is 0 Å². The summed E-state index contributed by atoms with van der Waals surface area (Å²) in [5.41, 5.74) is 0. The van der Waals surface area contributed by atoms with Gasteiger partial charge in [-0.05, 0) is 0 Å². The molecule has 7 heavy (non-hydrogen) atoms. The molecule has 0 aliphatic carbocycles. The minimum Gasteiger partial charge on any atom is -0.412 e. The highest BCUT2D eigenvalue weighted by Crippen LogP contribution is 1.53. The van der Waals surface area contributed by atoms with E-state index in [1.54, 1.807) is 0 Å². The van der Waals surface area contributed by atoms with Crippen LogP contribution in [-0.2, 0) is 4.79 Å². The van der Waals surface area contributed by atoms with Gasteiger partial charge in [0.2, 0.25) is 0 Å². The first kappa shape index (κ1) is 31.0. The molecule has 0 radical (unpaired) electrons. The first-order valence-electron chi connectivity index (χ1n) is 1.35. The molecular weight excluding hydrogens is 100 g/mol. The third-order valence-corrected chi connectivity index (χ3v) is 0.167. The first-order valence-corrected chi connectivity index (χ1v) is 1.35. The molecule has 4 nitrogen and oxygen atoms in total. The average molecular weight is 112 g/mol. The maximum absolute atomic E-state index is 9.17. The molecule has 0 saturated carbocycles. The van der Waals surface area contributed by atoms with Gasteiger partial charge in [0.25, 0.3) is 0 Å². The van der Waals surface area contributed by atoms with Crippen molar-refractivity contribution in [1.82, 2.24) is 0 Å². The Morgan fingerprint density at radius 2 is 1.43 bits per heavy atom. The molecule has 0 aliphatic rings.